The predicted octanol–water partition coefficient (Wildman–Crippen LogP) is 3.06. The molecule has 0 aromatic heterocycles. The van der Waals surface area contributed by atoms with Crippen LogP contribution < -0.4 is 10.4 Å². The molecule has 0 fully saturated rings. The lowest BCUT2D eigenvalue weighted by atomic mass is 10.0. The highest BCUT2D eigenvalue weighted by molar-refractivity contribution is 5.86. The fourth-order valence-electron chi connectivity index (χ4n) is 2.20. The second-order valence-electron chi connectivity index (χ2n) is 4.59. The molecule has 122 valence electrons. The van der Waals surface area contributed by atoms with Crippen molar-refractivity contribution in [2.45, 2.75) is 12.8 Å². The maximum atomic E-state index is 14.3. The SMILES string of the molecule is N#CCC=c1c(F)c(F)c2c(F)c(=CCC#N)c(F)c(F)c2c1F. The molecule has 0 atom stereocenters. The van der Waals surface area contributed by atoms with E-state index in [0.29, 0.717) is 12.2 Å². The Kier molecular flexibility index (Phi) is 4.79. The number of fused-ring (bicyclic) bond motifs is 1. The fraction of sp³-hybridized carbons (Fsp3) is 0.125. The van der Waals surface area contributed by atoms with Crippen molar-refractivity contribution in [2.24, 2.45) is 0 Å². The van der Waals surface area contributed by atoms with Crippen molar-refractivity contribution in [1.29, 1.82) is 10.5 Å². The Morgan fingerprint density at radius 3 is 1.21 bits per heavy atom. The van der Waals surface area contributed by atoms with Crippen LogP contribution in [0.2, 0.25) is 0 Å². The van der Waals surface area contributed by atoms with Crippen LogP contribution in [-0.4, -0.2) is 0 Å². The zero-order valence-corrected chi connectivity index (χ0v) is 11.7. The van der Waals surface area contributed by atoms with Gasteiger partial charge in [-0.25, -0.2) is 26.3 Å². The van der Waals surface area contributed by atoms with Gasteiger partial charge in [-0.1, -0.05) is 12.2 Å². The minimum absolute atomic E-state index is 0.528. The van der Waals surface area contributed by atoms with Gasteiger partial charge >= 0.3 is 0 Å². The lowest BCUT2D eigenvalue weighted by Gasteiger charge is -2.09. The monoisotopic (exact) mass is 340 g/mol. The molecule has 0 spiro atoms. The van der Waals surface area contributed by atoms with Crippen molar-refractivity contribution in [1.82, 2.24) is 0 Å². The summed E-state index contributed by atoms with van der Waals surface area (Å²) in [6.45, 7) is 0. The minimum Gasteiger partial charge on any atom is -0.205 e. The molecular formula is C16H6F6N2. The molecule has 0 bridgehead atoms. The van der Waals surface area contributed by atoms with Gasteiger partial charge in [0.25, 0.3) is 0 Å². The number of hydrogen-bond acceptors (Lipinski definition) is 2. The van der Waals surface area contributed by atoms with Crippen LogP contribution in [-0.2, 0) is 0 Å². The first kappa shape index (κ1) is 17.4. The summed E-state index contributed by atoms with van der Waals surface area (Å²) in [5.74, 6) is -10.9. The molecule has 0 unspecified atom stereocenters. The van der Waals surface area contributed by atoms with Crippen LogP contribution in [0.3, 0.4) is 0 Å². The highest BCUT2D eigenvalue weighted by atomic mass is 19.2. The van der Waals surface area contributed by atoms with Crippen LogP contribution in [0.25, 0.3) is 22.9 Å². The number of halogens is 6. The van der Waals surface area contributed by atoms with Crippen LogP contribution >= 0.6 is 0 Å². The van der Waals surface area contributed by atoms with Gasteiger partial charge in [0.1, 0.15) is 11.6 Å². The zero-order chi connectivity index (χ0) is 18.0. The Hall–Kier alpha value is -3.00. The molecule has 0 heterocycles. The smallest absolute Gasteiger partial charge is 0.170 e. The van der Waals surface area contributed by atoms with E-state index in [-0.39, 0.29) is 0 Å². The Bertz CT molecular complexity index is 959. The van der Waals surface area contributed by atoms with Gasteiger partial charge in [0.2, 0.25) is 0 Å². The number of benzene rings is 2. The number of hydrogen-bond donors (Lipinski definition) is 0. The third-order valence-electron chi connectivity index (χ3n) is 3.25. The number of nitriles is 2. The lowest BCUT2D eigenvalue weighted by molar-refractivity contribution is 0.471. The largest absolute Gasteiger partial charge is 0.205 e. The number of nitrogens with zero attached hydrogens (tertiary/aromatic N) is 2. The summed E-state index contributed by atoms with van der Waals surface area (Å²) < 4.78 is 84.5. The standard InChI is InChI=1S/C16H6F6N2/c17-11-7(3-1-5-23)13(19)15(21)10-9(11)16(22)14(20)8(12(10)18)4-2-6-24/h3-4H,1-2H2. The average molecular weight is 340 g/mol. The quantitative estimate of drug-likeness (QED) is 0.623. The van der Waals surface area contributed by atoms with Crippen LogP contribution in [0.15, 0.2) is 0 Å². The third-order valence-corrected chi connectivity index (χ3v) is 3.25. The summed E-state index contributed by atoms with van der Waals surface area (Å²) in [7, 11) is 0. The van der Waals surface area contributed by atoms with E-state index in [9.17, 15) is 26.3 Å². The molecule has 0 aliphatic rings. The average Bonchev–Trinajstić information content (AvgIpc) is 2.56. The topological polar surface area (TPSA) is 47.6 Å². The van der Waals surface area contributed by atoms with Crippen molar-refractivity contribution in [3.63, 3.8) is 0 Å². The van der Waals surface area contributed by atoms with Crippen molar-refractivity contribution in [3.8, 4) is 12.1 Å². The van der Waals surface area contributed by atoms with Crippen molar-refractivity contribution >= 4 is 22.9 Å². The van der Waals surface area contributed by atoms with Crippen LogP contribution in [0.5, 0.6) is 0 Å². The van der Waals surface area contributed by atoms with Crippen molar-refractivity contribution < 1.29 is 26.3 Å². The van der Waals surface area contributed by atoms with Gasteiger partial charge in [-0.2, -0.15) is 10.5 Å². The molecule has 2 rings (SSSR count). The van der Waals surface area contributed by atoms with E-state index < -0.39 is 69.0 Å². The molecule has 2 nitrogen and oxygen atoms in total. The van der Waals surface area contributed by atoms with Crippen molar-refractivity contribution in [2.75, 3.05) is 0 Å². The Morgan fingerprint density at radius 2 is 0.917 bits per heavy atom. The highest BCUT2D eigenvalue weighted by Gasteiger charge is 2.25. The van der Waals surface area contributed by atoms with Gasteiger partial charge in [0.15, 0.2) is 23.3 Å². The molecule has 0 N–H and O–H groups in total. The first-order chi connectivity index (χ1) is 11.4. The summed E-state index contributed by atoms with van der Waals surface area (Å²) in [6, 6.07) is 3.04. The fourth-order valence-corrected chi connectivity index (χ4v) is 2.20. The molecule has 24 heavy (non-hydrogen) atoms. The molecule has 0 amide bonds. The molecule has 2 aromatic carbocycles. The van der Waals surface area contributed by atoms with Crippen LogP contribution in [0.4, 0.5) is 26.3 Å². The lowest BCUT2D eigenvalue weighted by Crippen LogP contribution is -2.23. The third kappa shape index (κ3) is 2.56. The Morgan fingerprint density at radius 1 is 0.583 bits per heavy atom. The van der Waals surface area contributed by atoms with Crippen molar-refractivity contribution in [3.05, 3.63) is 45.3 Å². The maximum Gasteiger partial charge on any atom is 0.170 e. The molecule has 0 saturated carbocycles. The van der Waals surface area contributed by atoms with Gasteiger partial charge in [0, 0.05) is 10.4 Å². The molecule has 8 heteroatoms. The summed E-state index contributed by atoms with van der Waals surface area (Å²) in [4.78, 5) is 0. The number of rotatable bonds is 2. The van der Waals surface area contributed by atoms with Crippen LogP contribution in [0.1, 0.15) is 12.8 Å². The maximum absolute atomic E-state index is 14.3. The van der Waals surface area contributed by atoms with Gasteiger partial charge < -0.3 is 0 Å². The molecule has 0 aliphatic carbocycles. The van der Waals surface area contributed by atoms with E-state index in [0.717, 1.165) is 0 Å². The molecule has 2 aromatic rings. The molecular weight excluding hydrogens is 334 g/mol. The second kappa shape index (κ2) is 6.63. The predicted molar refractivity (Wildman–Crippen MR) is 72.3 cm³/mol. The van der Waals surface area contributed by atoms with E-state index in [1.165, 1.54) is 12.1 Å². The van der Waals surface area contributed by atoms with E-state index >= 15 is 0 Å². The summed E-state index contributed by atoms with van der Waals surface area (Å²) in [5.41, 5.74) is 0. The first-order valence-corrected chi connectivity index (χ1v) is 6.43. The highest BCUT2D eigenvalue weighted by Crippen LogP contribution is 2.26. The van der Waals surface area contributed by atoms with Gasteiger partial charge in [-0.05, 0) is 0 Å². The van der Waals surface area contributed by atoms with E-state index in [2.05, 4.69) is 0 Å². The normalized spacial score (nSPS) is 12.5. The van der Waals surface area contributed by atoms with E-state index in [4.69, 9.17) is 10.5 Å². The van der Waals surface area contributed by atoms with Gasteiger partial charge in [-0.15, -0.1) is 0 Å². The molecule has 0 aliphatic heterocycles. The summed E-state index contributed by atoms with van der Waals surface area (Å²) in [6.07, 6.45) is 0.217. The molecule has 0 saturated heterocycles. The van der Waals surface area contributed by atoms with E-state index in [1.807, 2.05) is 0 Å². The molecule has 0 radical (unpaired) electrons. The van der Waals surface area contributed by atoms with Gasteiger partial charge in [-0.3, -0.25) is 0 Å². The summed E-state index contributed by atoms with van der Waals surface area (Å²) >= 11 is 0. The Balaban J connectivity index is 3.14. The van der Waals surface area contributed by atoms with E-state index in [1.54, 1.807) is 0 Å². The second-order valence-corrected chi connectivity index (χ2v) is 4.59. The van der Waals surface area contributed by atoms with Gasteiger partial charge in [0.05, 0.1) is 35.8 Å². The first-order valence-electron chi connectivity index (χ1n) is 6.43. The minimum atomic E-state index is -1.92. The Labute approximate surface area is 131 Å². The van der Waals surface area contributed by atoms with Crippen LogP contribution in [0, 0.1) is 57.6 Å². The zero-order valence-electron chi connectivity index (χ0n) is 11.7. The summed E-state index contributed by atoms with van der Waals surface area (Å²) in [5, 5.41) is 11.8.